The minimum absolute atomic E-state index is 0.298. The van der Waals surface area contributed by atoms with Gasteiger partial charge in [0.05, 0.1) is 0 Å². The van der Waals surface area contributed by atoms with Crippen molar-refractivity contribution in [3.63, 3.8) is 0 Å². The van der Waals surface area contributed by atoms with E-state index in [0.29, 0.717) is 5.28 Å². The molecule has 0 unspecified atom stereocenters. The summed E-state index contributed by atoms with van der Waals surface area (Å²) < 4.78 is 5.24. The van der Waals surface area contributed by atoms with Crippen molar-refractivity contribution in [3.05, 3.63) is 17.0 Å². The van der Waals surface area contributed by atoms with Crippen molar-refractivity contribution >= 4 is 17.4 Å². The zero-order valence-corrected chi connectivity index (χ0v) is 10.5. The van der Waals surface area contributed by atoms with Gasteiger partial charge in [-0.2, -0.15) is 0 Å². The first-order chi connectivity index (χ1) is 7.76. The van der Waals surface area contributed by atoms with Crippen LogP contribution in [0.2, 0.25) is 5.28 Å². The fourth-order valence-corrected chi connectivity index (χ4v) is 1.47. The van der Waals surface area contributed by atoms with Crippen molar-refractivity contribution in [2.45, 2.75) is 26.7 Å². The lowest BCUT2D eigenvalue weighted by Crippen LogP contribution is -2.08. The summed E-state index contributed by atoms with van der Waals surface area (Å²) in [4.78, 5) is 8.20. The van der Waals surface area contributed by atoms with Crippen molar-refractivity contribution in [2.24, 2.45) is 0 Å². The standard InChI is InChI=1S/C11H18ClN3O/c1-3-9-8-10(15-11(12)14-9)13-6-5-7-16-4-2/h8H,3-7H2,1-2H3,(H,13,14,15). The average molecular weight is 244 g/mol. The molecule has 0 saturated carbocycles. The lowest BCUT2D eigenvalue weighted by atomic mass is 10.3. The monoisotopic (exact) mass is 243 g/mol. The highest BCUT2D eigenvalue weighted by molar-refractivity contribution is 6.28. The third-order valence-electron chi connectivity index (χ3n) is 2.09. The van der Waals surface area contributed by atoms with Crippen LogP contribution >= 0.6 is 11.6 Å². The van der Waals surface area contributed by atoms with Crippen molar-refractivity contribution in [1.29, 1.82) is 0 Å². The minimum atomic E-state index is 0.298. The lowest BCUT2D eigenvalue weighted by molar-refractivity contribution is 0.147. The molecule has 16 heavy (non-hydrogen) atoms. The van der Waals surface area contributed by atoms with Crippen molar-refractivity contribution < 1.29 is 4.74 Å². The summed E-state index contributed by atoms with van der Waals surface area (Å²) in [5.41, 5.74) is 0.951. The van der Waals surface area contributed by atoms with E-state index in [4.69, 9.17) is 16.3 Å². The number of aromatic nitrogens is 2. The number of ether oxygens (including phenoxy) is 1. The maximum Gasteiger partial charge on any atom is 0.224 e. The van der Waals surface area contributed by atoms with Gasteiger partial charge in [-0.05, 0) is 31.4 Å². The molecule has 0 saturated heterocycles. The first kappa shape index (κ1) is 13.2. The molecule has 90 valence electrons. The zero-order valence-electron chi connectivity index (χ0n) is 9.79. The molecule has 0 fully saturated rings. The summed E-state index contributed by atoms with van der Waals surface area (Å²) in [7, 11) is 0. The highest BCUT2D eigenvalue weighted by Gasteiger charge is 2.00. The summed E-state index contributed by atoms with van der Waals surface area (Å²) in [6, 6.07) is 1.92. The van der Waals surface area contributed by atoms with Gasteiger partial charge in [-0.15, -0.1) is 0 Å². The molecule has 5 heteroatoms. The Hall–Kier alpha value is -0.870. The fraction of sp³-hybridized carbons (Fsp3) is 0.636. The maximum atomic E-state index is 5.80. The number of hydrogen-bond acceptors (Lipinski definition) is 4. The van der Waals surface area contributed by atoms with Crippen LogP contribution in [-0.2, 0) is 11.2 Å². The van der Waals surface area contributed by atoms with Gasteiger partial charge in [0, 0.05) is 31.5 Å². The fourth-order valence-electron chi connectivity index (χ4n) is 1.27. The number of nitrogens with one attached hydrogen (secondary N) is 1. The minimum Gasteiger partial charge on any atom is -0.382 e. The van der Waals surface area contributed by atoms with E-state index in [2.05, 4.69) is 15.3 Å². The van der Waals surface area contributed by atoms with Gasteiger partial charge < -0.3 is 10.1 Å². The van der Waals surface area contributed by atoms with Gasteiger partial charge in [0.2, 0.25) is 5.28 Å². The van der Waals surface area contributed by atoms with Gasteiger partial charge in [0.15, 0.2) is 0 Å². The smallest absolute Gasteiger partial charge is 0.224 e. The predicted molar refractivity (Wildman–Crippen MR) is 66.0 cm³/mol. The van der Waals surface area contributed by atoms with Crippen LogP contribution in [0.1, 0.15) is 26.0 Å². The molecule has 1 N–H and O–H groups in total. The van der Waals surface area contributed by atoms with E-state index in [-0.39, 0.29) is 0 Å². The molecule has 4 nitrogen and oxygen atoms in total. The Morgan fingerprint density at radius 3 is 2.88 bits per heavy atom. The van der Waals surface area contributed by atoms with Crippen LogP contribution in [0.4, 0.5) is 5.82 Å². The first-order valence-corrected chi connectivity index (χ1v) is 5.99. The van der Waals surface area contributed by atoms with Crippen LogP contribution in [0.25, 0.3) is 0 Å². The molecule has 0 aliphatic rings. The summed E-state index contributed by atoms with van der Waals surface area (Å²) >= 11 is 5.80. The van der Waals surface area contributed by atoms with Gasteiger partial charge in [0.1, 0.15) is 5.82 Å². The molecule has 0 amide bonds. The normalized spacial score (nSPS) is 10.4. The molecule has 1 rings (SSSR count). The number of aryl methyl sites for hydroxylation is 1. The summed E-state index contributed by atoms with van der Waals surface area (Å²) in [6.45, 7) is 6.39. The Kier molecular flexibility index (Phi) is 6.11. The van der Waals surface area contributed by atoms with Crippen LogP contribution in [0.15, 0.2) is 6.07 Å². The number of anilines is 1. The SMILES string of the molecule is CCOCCCNc1cc(CC)nc(Cl)n1. The van der Waals surface area contributed by atoms with E-state index in [0.717, 1.165) is 44.1 Å². The van der Waals surface area contributed by atoms with Crippen LogP contribution in [0.3, 0.4) is 0 Å². The Labute approximate surface area is 101 Å². The second-order valence-electron chi connectivity index (χ2n) is 3.34. The predicted octanol–water partition coefficient (Wildman–Crippen LogP) is 2.53. The zero-order chi connectivity index (χ0) is 11.8. The molecule has 0 aliphatic carbocycles. The van der Waals surface area contributed by atoms with Gasteiger partial charge in [-0.25, -0.2) is 9.97 Å². The van der Waals surface area contributed by atoms with E-state index < -0.39 is 0 Å². The molecular weight excluding hydrogens is 226 g/mol. The Bertz CT molecular complexity index is 320. The van der Waals surface area contributed by atoms with E-state index >= 15 is 0 Å². The molecule has 0 radical (unpaired) electrons. The Morgan fingerprint density at radius 1 is 1.38 bits per heavy atom. The van der Waals surface area contributed by atoms with Crippen LogP contribution in [-0.4, -0.2) is 29.7 Å². The second kappa shape index (κ2) is 7.41. The highest BCUT2D eigenvalue weighted by Crippen LogP contribution is 2.10. The molecule has 1 aromatic heterocycles. The van der Waals surface area contributed by atoms with E-state index in [1.807, 2.05) is 19.9 Å². The summed E-state index contributed by atoms with van der Waals surface area (Å²) in [5.74, 6) is 0.786. The molecule has 0 atom stereocenters. The van der Waals surface area contributed by atoms with Gasteiger partial charge in [-0.3, -0.25) is 0 Å². The molecule has 0 aromatic carbocycles. The Balaban J connectivity index is 2.38. The van der Waals surface area contributed by atoms with Crippen LogP contribution in [0, 0.1) is 0 Å². The van der Waals surface area contributed by atoms with Crippen molar-refractivity contribution in [2.75, 3.05) is 25.1 Å². The first-order valence-electron chi connectivity index (χ1n) is 5.61. The molecule has 0 bridgehead atoms. The van der Waals surface area contributed by atoms with Gasteiger partial charge >= 0.3 is 0 Å². The van der Waals surface area contributed by atoms with E-state index in [1.165, 1.54) is 0 Å². The van der Waals surface area contributed by atoms with Crippen LogP contribution < -0.4 is 5.32 Å². The topological polar surface area (TPSA) is 47.0 Å². The van der Waals surface area contributed by atoms with Gasteiger partial charge in [-0.1, -0.05) is 6.92 Å². The van der Waals surface area contributed by atoms with E-state index in [9.17, 15) is 0 Å². The summed E-state index contributed by atoms with van der Waals surface area (Å²) in [6.07, 6.45) is 1.81. The maximum absolute atomic E-state index is 5.80. The molecule has 0 aliphatic heterocycles. The van der Waals surface area contributed by atoms with Gasteiger partial charge in [0.25, 0.3) is 0 Å². The number of nitrogens with zero attached hydrogens (tertiary/aromatic N) is 2. The molecular formula is C11H18ClN3O. The highest BCUT2D eigenvalue weighted by atomic mass is 35.5. The van der Waals surface area contributed by atoms with E-state index in [1.54, 1.807) is 0 Å². The molecule has 1 aromatic rings. The number of hydrogen-bond donors (Lipinski definition) is 1. The summed E-state index contributed by atoms with van der Waals surface area (Å²) in [5, 5.41) is 3.50. The number of rotatable bonds is 7. The van der Waals surface area contributed by atoms with Crippen molar-refractivity contribution in [3.8, 4) is 0 Å². The Morgan fingerprint density at radius 2 is 2.19 bits per heavy atom. The van der Waals surface area contributed by atoms with Crippen LogP contribution in [0.5, 0.6) is 0 Å². The second-order valence-corrected chi connectivity index (χ2v) is 3.68. The average Bonchev–Trinajstić information content (AvgIpc) is 2.28. The lowest BCUT2D eigenvalue weighted by Gasteiger charge is -2.07. The number of halogens is 1. The van der Waals surface area contributed by atoms with Crippen molar-refractivity contribution in [1.82, 2.24) is 9.97 Å². The third-order valence-corrected chi connectivity index (χ3v) is 2.26. The largest absolute Gasteiger partial charge is 0.382 e. The quantitative estimate of drug-likeness (QED) is 0.591. The molecule has 1 heterocycles. The third kappa shape index (κ3) is 4.77. The molecule has 0 spiro atoms.